The minimum Gasteiger partial charge on any atom is -0.488 e. The molecule has 0 unspecified atom stereocenters. The average molecular weight is 396 g/mol. The molecule has 6 heteroatoms. The standard InChI is InChI=1S/C21H14ClNO3S/c22-16-8-3-1-7-15(16)13-25-18-9-4-2-6-14(18)12-17-21(24)26-20(23-17)19-10-5-11-27-19/h1-12H,13H2/b17-12+. The van der Waals surface area contributed by atoms with Crippen molar-refractivity contribution in [1.82, 2.24) is 0 Å². The second-order valence-electron chi connectivity index (χ2n) is 5.73. The van der Waals surface area contributed by atoms with E-state index >= 15 is 0 Å². The lowest BCUT2D eigenvalue weighted by Crippen LogP contribution is -2.03. The van der Waals surface area contributed by atoms with E-state index in [1.807, 2.05) is 66.0 Å². The summed E-state index contributed by atoms with van der Waals surface area (Å²) in [5, 5.41) is 2.56. The Hall–Kier alpha value is -2.89. The van der Waals surface area contributed by atoms with Crippen molar-refractivity contribution in [2.75, 3.05) is 0 Å². The van der Waals surface area contributed by atoms with E-state index in [0.717, 1.165) is 16.0 Å². The quantitative estimate of drug-likeness (QED) is 0.433. The highest BCUT2D eigenvalue weighted by atomic mass is 35.5. The molecule has 1 aromatic heterocycles. The molecule has 4 rings (SSSR count). The van der Waals surface area contributed by atoms with Crippen LogP contribution < -0.4 is 4.74 Å². The molecule has 0 amide bonds. The predicted octanol–water partition coefficient (Wildman–Crippen LogP) is 5.33. The summed E-state index contributed by atoms with van der Waals surface area (Å²) in [4.78, 5) is 17.3. The number of esters is 1. The number of ether oxygens (including phenoxy) is 2. The van der Waals surface area contributed by atoms with Crippen LogP contribution in [0.25, 0.3) is 6.08 Å². The number of hydrogen-bond donors (Lipinski definition) is 0. The van der Waals surface area contributed by atoms with Gasteiger partial charge in [0.1, 0.15) is 12.4 Å². The normalized spacial score (nSPS) is 14.9. The van der Waals surface area contributed by atoms with E-state index in [1.54, 1.807) is 6.08 Å². The number of benzene rings is 2. The smallest absolute Gasteiger partial charge is 0.363 e. The van der Waals surface area contributed by atoms with Crippen molar-refractivity contribution in [3.63, 3.8) is 0 Å². The summed E-state index contributed by atoms with van der Waals surface area (Å²) in [6.07, 6.45) is 1.67. The summed E-state index contributed by atoms with van der Waals surface area (Å²) in [7, 11) is 0. The molecule has 0 radical (unpaired) electrons. The topological polar surface area (TPSA) is 47.9 Å². The molecule has 0 bridgehead atoms. The Labute approximate surface area is 165 Å². The first-order valence-electron chi connectivity index (χ1n) is 8.22. The number of aliphatic imine (C=N–C) groups is 1. The maximum absolute atomic E-state index is 12.2. The molecular weight excluding hydrogens is 382 g/mol. The Balaban J connectivity index is 1.59. The third-order valence-electron chi connectivity index (χ3n) is 3.90. The molecule has 2 heterocycles. The van der Waals surface area contributed by atoms with Gasteiger partial charge in [0.15, 0.2) is 5.70 Å². The van der Waals surface area contributed by atoms with E-state index in [1.165, 1.54) is 11.3 Å². The van der Waals surface area contributed by atoms with E-state index < -0.39 is 5.97 Å². The van der Waals surface area contributed by atoms with Crippen LogP contribution >= 0.6 is 22.9 Å². The van der Waals surface area contributed by atoms with Crippen molar-refractivity contribution in [3.05, 3.63) is 92.8 Å². The molecule has 1 aliphatic rings. The van der Waals surface area contributed by atoms with Crippen molar-refractivity contribution in [2.24, 2.45) is 4.99 Å². The van der Waals surface area contributed by atoms with Gasteiger partial charge in [0, 0.05) is 16.1 Å². The zero-order valence-corrected chi connectivity index (χ0v) is 15.7. The minimum absolute atomic E-state index is 0.243. The summed E-state index contributed by atoms with van der Waals surface area (Å²) in [5.41, 5.74) is 1.87. The van der Waals surface area contributed by atoms with Crippen LogP contribution in [-0.2, 0) is 16.1 Å². The third kappa shape index (κ3) is 3.94. The summed E-state index contributed by atoms with van der Waals surface area (Å²) >= 11 is 7.65. The van der Waals surface area contributed by atoms with Gasteiger partial charge in [-0.15, -0.1) is 11.3 Å². The number of hydrogen-bond acceptors (Lipinski definition) is 5. The highest BCUT2D eigenvalue weighted by Gasteiger charge is 2.25. The molecule has 2 aromatic carbocycles. The van der Waals surface area contributed by atoms with Crippen molar-refractivity contribution < 1.29 is 14.3 Å². The minimum atomic E-state index is -0.473. The van der Waals surface area contributed by atoms with E-state index in [-0.39, 0.29) is 5.70 Å². The van der Waals surface area contributed by atoms with Crippen molar-refractivity contribution in [3.8, 4) is 5.75 Å². The number of cyclic esters (lactones) is 1. The molecule has 3 aromatic rings. The number of halogens is 1. The van der Waals surface area contributed by atoms with E-state index in [2.05, 4.69) is 4.99 Å². The summed E-state index contributed by atoms with van der Waals surface area (Å²) < 4.78 is 11.2. The first kappa shape index (κ1) is 17.5. The average Bonchev–Trinajstić information content (AvgIpc) is 3.33. The molecule has 134 valence electrons. The zero-order chi connectivity index (χ0) is 18.6. The molecule has 1 aliphatic heterocycles. The van der Waals surface area contributed by atoms with E-state index in [9.17, 15) is 4.79 Å². The van der Waals surface area contributed by atoms with Gasteiger partial charge in [0.25, 0.3) is 0 Å². The van der Waals surface area contributed by atoms with Gasteiger partial charge < -0.3 is 9.47 Å². The maximum atomic E-state index is 12.2. The Morgan fingerprint density at radius 2 is 1.89 bits per heavy atom. The molecule has 0 spiro atoms. The molecule has 0 N–H and O–H groups in total. The number of para-hydroxylation sites is 1. The van der Waals surface area contributed by atoms with Gasteiger partial charge in [-0.3, -0.25) is 0 Å². The van der Waals surface area contributed by atoms with Crippen LogP contribution in [0.2, 0.25) is 5.02 Å². The fourth-order valence-corrected chi connectivity index (χ4v) is 3.40. The summed E-state index contributed by atoms with van der Waals surface area (Å²) in [6, 6.07) is 18.7. The monoisotopic (exact) mass is 395 g/mol. The molecule has 27 heavy (non-hydrogen) atoms. The predicted molar refractivity (Wildman–Crippen MR) is 107 cm³/mol. The van der Waals surface area contributed by atoms with Gasteiger partial charge in [-0.2, -0.15) is 0 Å². The highest BCUT2D eigenvalue weighted by Crippen LogP contribution is 2.27. The highest BCUT2D eigenvalue weighted by molar-refractivity contribution is 7.12. The SMILES string of the molecule is O=C1OC(c2cccs2)=N/C1=C/c1ccccc1OCc1ccccc1Cl. The number of carbonyl (C=O) groups is 1. The van der Waals surface area contributed by atoms with Crippen LogP contribution in [0.3, 0.4) is 0 Å². The molecule has 0 saturated heterocycles. The van der Waals surface area contributed by atoms with Crippen LogP contribution in [0.1, 0.15) is 16.0 Å². The maximum Gasteiger partial charge on any atom is 0.363 e. The van der Waals surface area contributed by atoms with Gasteiger partial charge in [-0.1, -0.05) is 54.1 Å². The van der Waals surface area contributed by atoms with Crippen LogP contribution in [0.4, 0.5) is 0 Å². The zero-order valence-electron chi connectivity index (χ0n) is 14.1. The molecule has 0 atom stereocenters. The fourth-order valence-electron chi connectivity index (χ4n) is 2.56. The fraction of sp³-hybridized carbons (Fsp3) is 0.0476. The van der Waals surface area contributed by atoms with Crippen LogP contribution in [-0.4, -0.2) is 11.9 Å². The number of thiophene rings is 1. The van der Waals surface area contributed by atoms with Crippen molar-refractivity contribution >= 4 is 40.9 Å². The summed E-state index contributed by atoms with van der Waals surface area (Å²) in [6.45, 7) is 0.327. The summed E-state index contributed by atoms with van der Waals surface area (Å²) in [5.74, 6) is 0.493. The largest absolute Gasteiger partial charge is 0.488 e. The number of nitrogens with zero attached hydrogens (tertiary/aromatic N) is 1. The number of rotatable bonds is 5. The third-order valence-corrected chi connectivity index (χ3v) is 5.13. The molecule has 0 fully saturated rings. The van der Waals surface area contributed by atoms with Crippen molar-refractivity contribution in [2.45, 2.75) is 6.61 Å². The van der Waals surface area contributed by atoms with Crippen LogP contribution in [0.5, 0.6) is 5.75 Å². The lowest BCUT2D eigenvalue weighted by atomic mass is 10.1. The Bertz CT molecular complexity index is 1040. The second-order valence-corrected chi connectivity index (χ2v) is 7.09. The van der Waals surface area contributed by atoms with E-state index in [0.29, 0.717) is 23.3 Å². The lowest BCUT2D eigenvalue weighted by molar-refractivity contribution is -0.129. The Kier molecular flexibility index (Phi) is 5.05. The van der Waals surface area contributed by atoms with Crippen LogP contribution in [0.15, 0.2) is 76.7 Å². The van der Waals surface area contributed by atoms with Gasteiger partial charge >= 0.3 is 5.97 Å². The first-order chi connectivity index (χ1) is 13.2. The van der Waals surface area contributed by atoms with Crippen LogP contribution in [0, 0.1) is 0 Å². The van der Waals surface area contributed by atoms with Gasteiger partial charge in [-0.25, -0.2) is 9.79 Å². The number of carbonyl (C=O) groups excluding carboxylic acids is 1. The van der Waals surface area contributed by atoms with Gasteiger partial charge in [0.2, 0.25) is 5.90 Å². The van der Waals surface area contributed by atoms with Crippen molar-refractivity contribution in [1.29, 1.82) is 0 Å². The Morgan fingerprint density at radius 3 is 2.70 bits per heavy atom. The first-order valence-corrected chi connectivity index (χ1v) is 9.48. The van der Waals surface area contributed by atoms with Gasteiger partial charge in [0.05, 0.1) is 4.88 Å². The molecule has 0 aliphatic carbocycles. The van der Waals surface area contributed by atoms with E-state index in [4.69, 9.17) is 21.1 Å². The molecule has 4 nitrogen and oxygen atoms in total. The second kappa shape index (κ2) is 7.78. The lowest BCUT2D eigenvalue weighted by Gasteiger charge is -2.10. The molecular formula is C21H14ClNO3S. The molecule has 0 saturated carbocycles. The van der Waals surface area contributed by atoms with Gasteiger partial charge in [-0.05, 0) is 29.7 Å². The Morgan fingerprint density at radius 1 is 1.07 bits per heavy atom.